The molecule has 0 unspecified atom stereocenters. The van der Waals surface area contributed by atoms with Crippen molar-refractivity contribution in [2.24, 2.45) is 0 Å². The average Bonchev–Trinajstić information content (AvgIpc) is 3.11. The molecule has 0 bridgehead atoms. The van der Waals surface area contributed by atoms with Crippen LogP contribution >= 0.6 is 11.3 Å². The summed E-state index contributed by atoms with van der Waals surface area (Å²) in [6, 6.07) is 17.5. The standard InChI is InChI=1S/C13H13N2OS.C7H6O2.Na/c1-13(2,11-8-17-9-14-11)15-12(16)10-6-4-3-5-7-10;8-7(9)6-4-2-1-3-5-6;/h3-8H,1-2H3,(H,15,16);1-5H,(H,8,9);. The Hall–Kier alpha value is -1.99. The van der Waals surface area contributed by atoms with Crippen LogP contribution in [-0.2, 0) is 5.54 Å². The Bertz CT molecular complexity index is 896. The Morgan fingerprint density at radius 1 is 1.00 bits per heavy atom. The molecular formula is C20H19N2NaO3S. The third-order valence-corrected chi connectivity index (χ3v) is 5.45. The first kappa shape index (κ1) is 21.3. The normalized spacial score (nSPS) is 10.5. The van der Waals surface area contributed by atoms with Gasteiger partial charge in [0.15, 0.2) is 0 Å². The molecule has 2 aromatic carbocycles. The van der Waals surface area contributed by atoms with Crippen LogP contribution in [-0.4, -0.2) is 49.9 Å². The van der Waals surface area contributed by atoms with Gasteiger partial charge in [0, 0.05) is 0 Å². The molecule has 0 aliphatic carbocycles. The van der Waals surface area contributed by atoms with E-state index in [0.29, 0.717) is 11.1 Å². The zero-order chi connectivity index (χ0) is 19.9. The number of aromatic carboxylic acids is 1. The maximum Gasteiger partial charge on any atom is 0.335 e. The predicted octanol–water partition coefficient (Wildman–Crippen LogP) is 2.99. The molecule has 3 aromatic rings. The number of hydrogen-bond donors (Lipinski definition) is 2. The first-order chi connectivity index (χ1) is 12.8. The summed E-state index contributed by atoms with van der Waals surface area (Å²) in [6.07, 6.45) is 0. The third-order valence-electron chi connectivity index (χ3n) is 3.74. The van der Waals surface area contributed by atoms with Gasteiger partial charge in [0.2, 0.25) is 0 Å². The van der Waals surface area contributed by atoms with Crippen molar-refractivity contribution in [3.63, 3.8) is 0 Å². The summed E-state index contributed by atoms with van der Waals surface area (Å²) < 4.78 is 1.15. The van der Waals surface area contributed by atoms with Gasteiger partial charge in [-0.1, -0.05) is 18.2 Å². The van der Waals surface area contributed by atoms with Crippen LogP contribution < -0.4 is 7.57 Å². The minimum absolute atomic E-state index is 0.0662. The number of carboxylic acids is 1. The number of benzene rings is 2. The number of thiazole rings is 1. The van der Waals surface area contributed by atoms with Crippen LogP contribution in [0.25, 0.3) is 0 Å². The van der Waals surface area contributed by atoms with Crippen molar-refractivity contribution >= 4 is 53.4 Å². The van der Waals surface area contributed by atoms with E-state index in [2.05, 4.69) is 10.3 Å². The molecule has 1 amide bonds. The first-order valence-corrected chi connectivity index (χ1v) is 10.3. The Morgan fingerprint density at radius 2 is 1.52 bits per heavy atom. The number of nitrogens with zero attached hydrogens (tertiary/aromatic N) is 1. The minimum Gasteiger partial charge on any atom is -0.478 e. The van der Waals surface area contributed by atoms with Crippen molar-refractivity contribution in [3.8, 4) is 0 Å². The van der Waals surface area contributed by atoms with Gasteiger partial charge < -0.3 is 5.11 Å². The van der Waals surface area contributed by atoms with Crippen molar-refractivity contribution < 1.29 is 14.7 Å². The summed E-state index contributed by atoms with van der Waals surface area (Å²) in [4.78, 5) is 26.8. The van der Waals surface area contributed by atoms with Gasteiger partial charge in [-0.15, -0.1) is 0 Å². The molecule has 0 atom stereocenters. The molecule has 0 aliphatic rings. The van der Waals surface area contributed by atoms with Crippen LogP contribution in [0.15, 0.2) is 66.0 Å². The van der Waals surface area contributed by atoms with Crippen molar-refractivity contribution in [3.05, 3.63) is 82.9 Å². The van der Waals surface area contributed by atoms with Crippen LogP contribution in [0.2, 0.25) is 0 Å². The number of carboxylic acid groups (broad SMARTS) is 1. The molecule has 0 saturated carbocycles. The van der Waals surface area contributed by atoms with Gasteiger partial charge in [-0.05, 0) is 12.1 Å². The summed E-state index contributed by atoms with van der Waals surface area (Å²) >= 11 is 2.60. The van der Waals surface area contributed by atoms with Crippen molar-refractivity contribution in [1.29, 1.82) is 0 Å². The maximum atomic E-state index is 12.1. The second-order valence-electron chi connectivity index (χ2n) is 6.37. The van der Waals surface area contributed by atoms with Crippen LogP contribution in [0.5, 0.6) is 0 Å². The van der Waals surface area contributed by atoms with E-state index in [0.717, 1.165) is 35.9 Å². The predicted molar refractivity (Wildman–Crippen MR) is 108 cm³/mol. The molecule has 0 aliphatic heterocycles. The largest absolute Gasteiger partial charge is 0.478 e. The molecule has 0 saturated heterocycles. The number of amides is 1. The quantitative estimate of drug-likeness (QED) is 0.672. The molecule has 7 heteroatoms. The number of carbonyl (C=O) groups excluding carboxylic acids is 1. The van der Waals surface area contributed by atoms with Gasteiger partial charge in [-0.2, -0.15) is 0 Å². The first-order valence-electron chi connectivity index (χ1n) is 8.38. The molecule has 2 N–H and O–H groups in total. The van der Waals surface area contributed by atoms with Gasteiger partial charge in [-0.3, -0.25) is 0 Å². The van der Waals surface area contributed by atoms with Gasteiger partial charge in [0.1, 0.15) is 0 Å². The molecule has 1 heterocycles. The van der Waals surface area contributed by atoms with Crippen LogP contribution in [0, 0.1) is 0 Å². The monoisotopic (exact) mass is 390 g/mol. The van der Waals surface area contributed by atoms with E-state index in [9.17, 15) is 9.59 Å². The van der Waals surface area contributed by atoms with Crippen LogP contribution in [0.3, 0.4) is 0 Å². The Balaban J connectivity index is 0.000000244. The molecule has 1 aromatic heterocycles. The second-order valence-corrected chi connectivity index (χ2v) is 9.10. The van der Waals surface area contributed by atoms with E-state index in [1.807, 2.05) is 49.6 Å². The average molecular weight is 390 g/mol. The molecule has 134 valence electrons. The molecule has 0 spiro atoms. The number of carbonyl (C=O) groups is 2. The van der Waals surface area contributed by atoms with E-state index in [1.54, 1.807) is 41.7 Å². The summed E-state index contributed by atoms with van der Waals surface area (Å²) in [6.45, 7) is 3.95. The van der Waals surface area contributed by atoms with Gasteiger partial charge >= 0.3 is 135 Å². The molecule has 3 rings (SSSR count). The number of nitrogens with one attached hydrogen (secondary N) is 1. The van der Waals surface area contributed by atoms with E-state index < -0.39 is 11.5 Å². The van der Waals surface area contributed by atoms with Crippen molar-refractivity contribution in [2.75, 3.05) is 0 Å². The summed E-state index contributed by atoms with van der Waals surface area (Å²) in [5.41, 5.74) is 1.50. The fourth-order valence-corrected chi connectivity index (χ4v) is 3.62. The van der Waals surface area contributed by atoms with E-state index in [1.165, 1.54) is 0 Å². The fraction of sp³-hybridized carbons (Fsp3) is 0.150. The number of rotatable bonds is 4. The second kappa shape index (κ2) is 9.80. The minimum atomic E-state index is -0.879. The van der Waals surface area contributed by atoms with Crippen LogP contribution in [0.1, 0.15) is 40.3 Å². The number of aromatic nitrogens is 1. The van der Waals surface area contributed by atoms with Crippen LogP contribution in [0.4, 0.5) is 0 Å². The topological polar surface area (TPSA) is 79.3 Å². The third kappa shape index (κ3) is 6.59. The maximum absolute atomic E-state index is 12.1. The SMILES string of the molecule is CC(C)(NC(=O)c1ccccc1)c1cs[c]([Na])n1.O=C(O)c1ccccc1. The molecule has 5 nitrogen and oxygen atoms in total. The van der Waals surface area contributed by atoms with E-state index in [-0.39, 0.29) is 5.91 Å². The Labute approximate surface area is 179 Å². The van der Waals surface area contributed by atoms with Gasteiger partial charge in [0.05, 0.1) is 5.56 Å². The molecule has 0 radical (unpaired) electrons. The summed E-state index contributed by atoms with van der Waals surface area (Å²) in [5, 5.41) is 13.4. The smallest absolute Gasteiger partial charge is 0.335 e. The molecular weight excluding hydrogens is 371 g/mol. The van der Waals surface area contributed by atoms with E-state index >= 15 is 0 Å². The number of hydrogen-bond acceptors (Lipinski definition) is 4. The fourth-order valence-electron chi connectivity index (χ4n) is 2.24. The van der Waals surface area contributed by atoms with Gasteiger partial charge in [0.25, 0.3) is 0 Å². The van der Waals surface area contributed by atoms with Crippen molar-refractivity contribution in [2.45, 2.75) is 19.4 Å². The molecule has 0 fully saturated rings. The van der Waals surface area contributed by atoms with Crippen molar-refractivity contribution in [1.82, 2.24) is 10.3 Å². The summed E-state index contributed by atoms with van der Waals surface area (Å²) in [7, 11) is 0. The zero-order valence-electron chi connectivity index (χ0n) is 15.5. The Morgan fingerprint density at radius 3 is 1.93 bits per heavy atom. The van der Waals surface area contributed by atoms with E-state index in [4.69, 9.17) is 5.11 Å². The summed E-state index contributed by atoms with van der Waals surface area (Å²) in [5.74, 6) is -0.945. The van der Waals surface area contributed by atoms with Gasteiger partial charge in [-0.25, -0.2) is 4.79 Å². The Kier molecular flexibility index (Phi) is 7.74. The molecule has 27 heavy (non-hydrogen) atoms. The zero-order valence-corrected chi connectivity index (χ0v) is 18.3.